The van der Waals surface area contributed by atoms with Gasteiger partial charge in [-0.15, -0.1) is 0 Å². The second-order valence-electron chi connectivity index (χ2n) is 7.59. The van der Waals surface area contributed by atoms with Crippen molar-refractivity contribution in [2.75, 3.05) is 6.61 Å². The van der Waals surface area contributed by atoms with Gasteiger partial charge in [0.05, 0.1) is 0 Å². The highest BCUT2D eigenvalue weighted by molar-refractivity contribution is 9.10. The van der Waals surface area contributed by atoms with E-state index >= 15 is 0 Å². The van der Waals surface area contributed by atoms with Gasteiger partial charge in [0.25, 0.3) is 0 Å². The smallest absolute Gasteiger partial charge is 0.339 e. The molecule has 0 fully saturated rings. The maximum atomic E-state index is 12.6. The predicted molar refractivity (Wildman–Crippen MR) is 124 cm³/mol. The number of ketones is 1. The Labute approximate surface area is 185 Å². The van der Waals surface area contributed by atoms with Crippen LogP contribution in [0.3, 0.4) is 0 Å². The van der Waals surface area contributed by atoms with Crippen LogP contribution in [-0.4, -0.2) is 12.4 Å². The lowest BCUT2D eigenvalue weighted by atomic mass is 9.99. The maximum absolute atomic E-state index is 12.6. The van der Waals surface area contributed by atoms with Gasteiger partial charge in [0.1, 0.15) is 11.3 Å². The van der Waals surface area contributed by atoms with E-state index in [1.54, 1.807) is 12.1 Å². The second kappa shape index (κ2) is 10.1. The van der Waals surface area contributed by atoms with Gasteiger partial charge in [-0.1, -0.05) is 54.2 Å². The van der Waals surface area contributed by atoms with Crippen molar-refractivity contribution in [1.82, 2.24) is 0 Å². The molecule has 5 heteroatoms. The van der Waals surface area contributed by atoms with E-state index in [2.05, 4.69) is 22.9 Å². The summed E-state index contributed by atoms with van der Waals surface area (Å²) in [6.45, 7) is 5.92. The standard InChI is InChI=1S/C25H27BrO4/c1-4-5-6-7-8-21-16(2)20-13-14-23(17(3)24(20)30-25(21)28)29-15-22(27)18-9-11-19(26)12-10-18/h9-14H,4-8,15H2,1-3H3. The SMILES string of the molecule is CCCCCCc1c(C)c2ccc(OCC(=O)c3ccc(Br)cc3)c(C)c2oc1=O. The van der Waals surface area contributed by atoms with Crippen LogP contribution in [0, 0.1) is 13.8 Å². The average molecular weight is 471 g/mol. The van der Waals surface area contributed by atoms with Crippen molar-refractivity contribution >= 4 is 32.7 Å². The van der Waals surface area contributed by atoms with Crippen LogP contribution in [0.5, 0.6) is 5.75 Å². The number of benzene rings is 2. The lowest BCUT2D eigenvalue weighted by molar-refractivity contribution is 0.0921. The number of fused-ring (bicyclic) bond motifs is 1. The number of Topliss-reactive ketones (excluding diaryl/α,β-unsaturated/α-hetero) is 1. The van der Waals surface area contributed by atoms with Gasteiger partial charge in [-0.25, -0.2) is 4.79 Å². The first kappa shape index (κ1) is 22.3. The molecule has 2 aromatic carbocycles. The predicted octanol–water partition coefficient (Wildman–Crippen LogP) is 6.56. The van der Waals surface area contributed by atoms with Gasteiger partial charge in [-0.2, -0.15) is 0 Å². The number of rotatable bonds is 9. The van der Waals surface area contributed by atoms with Crippen LogP contribution in [0.1, 0.15) is 59.7 Å². The normalized spacial score (nSPS) is 11.1. The van der Waals surface area contributed by atoms with E-state index in [1.165, 1.54) is 6.42 Å². The van der Waals surface area contributed by atoms with Crippen molar-refractivity contribution in [1.29, 1.82) is 0 Å². The van der Waals surface area contributed by atoms with Gasteiger partial charge in [0, 0.05) is 26.5 Å². The lowest BCUT2D eigenvalue weighted by Crippen LogP contribution is -2.13. The van der Waals surface area contributed by atoms with Gasteiger partial charge < -0.3 is 9.15 Å². The summed E-state index contributed by atoms with van der Waals surface area (Å²) < 4.78 is 12.4. The van der Waals surface area contributed by atoms with Crippen molar-refractivity contribution < 1.29 is 13.9 Å². The minimum absolute atomic E-state index is 0.0767. The summed E-state index contributed by atoms with van der Waals surface area (Å²) >= 11 is 3.36. The van der Waals surface area contributed by atoms with Crippen LogP contribution in [0.4, 0.5) is 0 Å². The third kappa shape index (κ3) is 5.01. The molecule has 0 aliphatic carbocycles. The van der Waals surface area contributed by atoms with E-state index in [1.807, 2.05) is 38.1 Å². The summed E-state index contributed by atoms with van der Waals surface area (Å²) in [5.41, 5.74) is 3.31. The second-order valence-corrected chi connectivity index (χ2v) is 8.50. The molecule has 3 aromatic rings. The van der Waals surface area contributed by atoms with Gasteiger partial charge in [-0.05, 0) is 56.5 Å². The Morgan fingerprint density at radius 2 is 1.73 bits per heavy atom. The fourth-order valence-electron chi connectivity index (χ4n) is 3.61. The van der Waals surface area contributed by atoms with Crippen molar-refractivity contribution in [2.24, 2.45) is 0 Å². The van der Waals surface area contributed by atoms with E-state index in [0.717, 1.165) is 52.2 Å². The Hall–Kier alpha value is -2.40. The molecule has 0 N–H and O–H groups in total. The van der Waals surface area contributed by atoms with Crippen LogP contribution in [0.25, 0.3) is 11.0 Å². The molecule has 0 radical (unpaired) electrons. The third-order valence-corrected chi connectivity index (χ3v) is 5.99. The molecule has 1 heterocycles. The Kier molecular flexibility index (Phi) is 7.48. The Morgan fingerprint density at radius 3 is 2.43 bits per heavy atom. The zero-order valence-electron chi connectivity index (χ0n) is 17.7. The van der Waals surface area contributed by atoms with E-state index in [0.29, 0.717) is 16.9 Å². The van der Waals surface area contributed by atoms with Crippen molar-refractivity contribution in [3.8, 4) is 5.75 Å². The fourth-order valence-corrected chi connectivity index (χ4v) is 3.87. The minimum atomic E-state index is -0.275. The first-order chi connectivity index (χ1) is 14.4. The number of halogens is 1. The van der Waals surface area contributed by atoms with Gasteiger partial charge in [0.15, 0.2) is 12.4 Å². The molecule has 0 saturated heterocycles. The Bertz CT molecular complexity index is 1100. The molecule has 0 aliphatic rings. The Morgan fingerprint density at radius 1 is 1.00 bits per heavy atom. The van der Waals surface area contributed by atoms with E-state index in [9.17, 15) is 9.59 Å². The Balaban J connectivity index is 1.80. The van der Waals surface area contributed by atoms with Gasteiger partial charge in [-0.3, -0.25) is 4.79 Å². The summed E-state index contributed by atoms with van der Waals surface area (Å²) in [7, 11) is 0. The summed E-state index contributed by atoms with van der Waals surface area (Å²) in [5, 5.41) is 0.921. The molecule has 0 atom stereocenters. The van der Waals surface area contributed by atoms with Gasteiger partial charge in [0.2, 0.25) is 0 Å². The summed E-state index contributed by atoms with van der Waals surface area (Å²) in [4.78, 5) is 25.0. The van der Waals surface area contributed by atoms with Crippen LogP contribution in [0.15, 0.2) is 50.1 Å². The number of aryl methyl sites for hydroxylation is 2. The van der Waals surface area contributed by atoms with Crippen LogP contribution in [0.2, 0.25) is 0 Å². The fraction of sp³-hybridized carbons (Fsp3) is 0.360. The van der Waals surface area contributed by atoms with Gasteiger partial charge >= 0.3 is 5.63 Å². The highest BCUT2D eigenvalue weighted by Crippen LogP contribution is 2.30. The van der Waals surface area contributed by atoms with E-state index in [4.69, 9.17) is 9.15 Å². The lowest BCUT2D eigenvalue weighted by Gasteiger charge is -2.13. The molecule has 0 saturated carbocycles. The molecule has 158 valence electrons. The first-order valence-electron chi connectivity index (χ1n) is 10.4. The summed E-state index contributed by atoms with van der Waals surface area (Å²) in [6, 6.07) is 10.9. The number of unbranched alkanes of at least 4 members (excludes halogenated alkanes) is 3. The van der Waals surface area contributed by atoms with Crippen molar-refractivity contribution in [2.45, 2.75) is 52.9 Å². The molecule has 1 aromatic heterocycles. The molecule has 30 heavy (non-hydrogen) atoms. The number of carbonyl (C=O) groups excluding carboxylic acids is 1. The molecule has 0 spiro atoms. The highest BCUT2D eigenvalue weighted by atomic mass is 79.9. The zero-order valence-corrected chi connectivity index (χ0v) is 19.3. The third-order valence-electron chi connectivity index (χ3n) is 5.46. The van der Waals surface area contributed by atoms with E-state index in [-0.39, 0.29) is 18.0 Å². The number of hydrogen-bond acceptors (Lipinski definition) is 4. The minimum Gasteiger partial charge on any atom is -0.485 e. The maximum Gasteiger partial charge on any atom is 0.339 e. The number of ether oxygens (including phenoxy) is 1. The summed E-state index contributed by atoms with van der Waals surface area (Å²) in [5.74, 6) is 0.438. The molecule has 0 aliphatic heterocycles. The molecular weight excluding hydrogens is 444 g/mol. The zero-order chi connectivity index (χ0) is 21.7. The number of hydrogen-bond donors (Lipinski definition) is 0. The largest absolute Gasteiger partial charge is 0.485 e. The average Bonchev–Trinajstić information content (AvgIpc) is 2.73. The van der Waals surface area contributed by atoms with Crippen LogP contribution < -0.4 is 10.4 Å². The molecule has 0 bridgehead atoms. The monoisotopic (exact) mass is 470 g/mol. The van der Waals surface area contributed by atoms with E-state index < -0.39 is 0 Å². The molecule has 4 nitrogen and oxygen atoms in total. The van der Waals surface area contributed by atoms with Crippen molar-refractivity contribution in [3.63, 3.8) is 0 Å². The highest BCUT2D eigenvalue weighted by Gasteiger charge is 2.16. The van der Waals surface area contributed by atoms with Crippen LogP contribution >= 0.6 is 15.9 Å². The first-order valence-corrected chi connectivity index (χ1v) is 11.2. The number of carbonyl (C=O) groups is 1. The van der Waals surface area contributed by atoms with Crippen LogP contribution in [-0.2, 0) is 6.42 Å². The molecule has 0 unspecified atom stereocenters. The molecular formula is C25H27BrO4. The quantitative estimate of drug-likeness (QED) is 0.202. The molecule has 3 rings (SSSR count). The summed E-state index contributed by atoms with van der Waals surface area (Å²) in [6.07, 6.45) is 5.19. The van der Waals surface area contributed by atoms with Crippen molar-refractivity contribution in [3.05, 3.63) is 73.5 Å². The molecule has 0 amide bonds. The topological polar surface area (TPSA) is 56.5 Å².